The van der Waals surface area contributed by atoms with Gasteiger partial charge in [-0.05, 0) is 35.4 Å². The maximum atomic E-state index is 5.88. The SMILES string of the molecule is Cc1cnc(Nc2ccc3ccccc3c2)cc1N. The number of nitrogens with two attached hydrogens (primary N) is 1. The lowest BCUT2D eigenvalue weighted by atomic mass is 10.1. The number of fused-ring (bicyclic) bond motifs is 1. The highest BCUT2D eigenvalue weighted by Gasteiger charge is 2.00. The number of nitrogens with one attached hydrogen (secondary N) is 1. The molecule has 0 bridgehead atoms. The Morgan fingerprint density at radius 1 is 1.00 bits per heavy atom. The van der Waals surface area contributed by atoms with Crippen molar-refractivity contribution in [2.75, 3.05) is 11.1 Å². The molecule has 0 aliphatic heterocycles. The minimum atomic E-state index is 0.748. The van der Waals surface area contributed by atoms with E-state index in [0.29, 0.717) is 0 Å². The first-order chi connectivity index (χ1) is 9.22. The summed E-state index contributed by atoms with van der Waals surface area (Å²) in [5.41, 5.74) is 8.63. The van der Waals surface area contributed by atoms with Crippen LogP contribution >= 0.6 is 0 Å². The van der Waals surface area contributed by atoms with Crippen LogP contribution in [0.3, 0.4) is 0 Å². The third kappa shape index (κ3) is 2.36. The standard InChI is InChI=1S/C16H15N3/c1-11-10-18-16(9-15(11)17)19-14-7-6-12-4-2-3-5-13(12)8-14/h2-10H,1H3,(H3,17,18,19). The molecule has 2 aromatic carbocycles. The van der Waals surface area contributed by atoms with Crippen molar-refractivity contribution in [3.8, 4) is 0 Å². The fourth-order valence-corrected chi connectivity index (χ4v) is 2.02. The summed E-state index contributed by atoms with van der Waals surface area (Å²) in [4.78, 5) is 4.32. The molecule has 0 spiro atoms. The van der Waals surface area contributed by atoms with E-state index in [4.69, 9.17) is 5.73 Å². The van der Waals surface area contributed by atoms with Gasteiger partial charge >= 0.3 is 0 Å². The van der Waals surface area contributed by atoms with Gasteiger partial charge in [0.25, 0.3) is 0 Å². The van der Waals surface area contributed by atoms with E-state index in [2.05, 4.69) is 34.6 Å². The molecular formula is C16H15N3. The Morgan fingerprint density at radius 3 is 2.58 bits per heavy atom. The molecule has 0 saturated carbocycles. The lowest BCUT2D eigenvalue weighted by Gasteiger charge is -2.08. The van der Waals surface area contributed by atoms with Gasteiger partial charge in [-0.2, -0.15) is 0 Å². The largest absolute Gasteiger partial charge is 0.398 e. The topological polar surface area (TPSA) is 50.9 Å². The van der Waals surface area contributed by atoms with Gasteiger partial charge in [-0.3, -0.25) is 0 Å². The van der Waals surface area contributed by atoms with E-state index < -0.39 is 0 Å². The van der Waals surface area contributed by atoms with Crippen molar-refractivity contribution in [3.63, 3.8) is 0 Å². The zero-order valence-electron chi connectivity index (χ0n) is 10.7. The molecule has 3 N–H and O–H groups in total. The van der Waals surface area contributed by atoms with E-state index in [9.17, 15) is 0 Å². The third-order valence-corrected chi connectivity index (χ3v) is 3.17. The minimum Gasteiger partial charge on any atom is -0.398 e. The second kappa shape index (κ2) is 4.61. The first kappa shape index (κ1) is 11.5. The number of aromatic nitrogens is 1. The van der Waals surface area contributed by atoms with Gasteiger partial charge in [0.15, 0.2) is 0 Å². The molecule has 0 atom stereocenters. The first-order valence-electron chi connectivity index (χ1n) is 6.20. The van der Waals surface area contributed by atoms with Crippen LogP contribution in [-0.2, 0) is 0 Å². The molecule has 19 heavy (non-hydrogen) atoms. The molecule has 1 heterocycles. The van der Waals surface area contributed by atoms with Gasteiger partial charge in [0.05, 0.1) is 0 Å². The molecule has 3 heteroatoms. The average Bonchev–Trinajstić information content (AvgIpc) is 2.43. The van der Waals surface area contributed by atoms with Crippen LogP contribution < -0.4 is 11.1 Å². The molecule has 0 fully saturated rings. The Hall–Kier alpha value is -2.55. The summed E-state index contributed by atoms with van der Waals surface area (Å²) in [5.74, 6) is 0.762. The van der Waals surface area contributed by atoms with Gasteiger partial charge in [-0.25, -0.2) is 4.98 Å². The number of hydrogen-bond donors (Lipinski definition) is 2. The van der Waals surface area contributed by atoms with E-state index in [1.54, 1.807) is 6.20 Å². The number of hydrogen-bond acceptors (Lipinski definition) is 3. The maximum absolute atomic E-state index is 5.88. The predicted molar refractivity (Wildman–Crippen MR) is 80.6 cm³/mol. The summed E-state index contributed by atoms with van der Waals surface area (Å²) in [6.07, 6.45) is 1.78. The van der Waals surface area contributed by atoms with Gasteiger partial charge in [0.1, 0.15) is 5.82 Å². The second-order valence-electron chi connectivity index (χ2n) is 4.61. The van der Waals surface area contributed by atoms with E-state index in [1.807, 2.05) is 31.2 Å². The molecule has 0 aliphatic carbocycles. The monoisotopic (exact) mass is 249 g/mol. The van der Waals surface area contributed by atoms with Crippen LogP contribution in [0.5, 0.6) is 0 Å². The molecule has 3 nitrogen and oxygen atoms in total. The van der Waals surface area contributed by atoms with Crippen LogP contribution in [0.1, 0.15) is 5.56 Å². The van der Waals surface area contributed by atoms with Crippen LogP contribution in [0.4, 0.5) is 17.2 Å². The average molecular weight is 249 g/mol. The normalized spacial score (nSPS) is 10.6. The highest BCUT2D eigenvalue weighted by Crippen LogP contribution is 2.22. The Labute approximate surface area is 112 Å². The molecule has 3 aromatic rings. The molecule has 0 unspecified atom stereocenters. The van der Waals surface area contributed by atoms with Crippen molar-refractivity contribution >= 4 is 28.0 Å². The highest BCUT2D eigenvalue weighted by atomic mass is 15.0. The number of anilines is 3. The van der Waals surface area contributed by atoms with Crippen LogP contribution in [-0.4, -0.2) is 4.98 Å². The molecule has 0 saturated heterocycles. The number of aryl methyl sites for hydroxylation is 1. The summed E-state index contributed by atoms with van der Waals surface area (Å²) in [6.45, 7) is 1.95. The summed E-state index contributed by atoms with van der Waals surface area (Å²) >= 11 is 0. The summed E-state index contributed by atoms with van der Waals surface area (Å²) in [6, 6.07) is 16.4. The summed E-state index contributed by atoms with van der Waals surface area (Å²) in [5, 5.41) is 5.70. The minimum absolute atomic E-state index is 0.748. The fraction of sp³-hybridized carbons (Fsp3) is 0.0625. The summed E-state index contributed by atoms with van der Waals surface area (Å²) < 4.78 is 0. The Kier molecular flexibility index (Phi) is 2.80. The molecular weight excluding hydrogens is 234 g/mol. The van der Waals surface area contributed by atoms with Crippen LogP contribution in [0.25, 0.3) is 10.8 Å². The van der Waals surface area contributed by atoms with Crippen LogP contribution in [0, 0.1) is 6.92 Å². The predicted octanol–water partition coefficient (Wildman–Crippen LogP) is 3.87. The number of rotatable bonds is 2. The van der Waals surface area contributed by atoms with Crippen molar-refractivity contribution in [1.82, 2.24) is 4.98 Å². The quantitative estimate of drug-likeness (QED) is 0.725. The molecule has 0 aliphatic rings. The number of benzene rings is 2. The third-order valence-electron chi connectivity index (χ3n) is 3.17. The van der Waals surface area contributed by atoms with E-state index in [0.717, 1.165) is 22.8 Å². The summed E-state index contributed by atoms with van der Waals surface area (Å²) in [7, 11) is 0. The van der Waals surface area contributed by atoms with Crippen molar-refractivity contribution in [3.05, 3.63) is 60.3 Å². The van der Waals surface area contributed by atoms with E-state index in [-0.39, 0.29) is 0 Å². The van der Waals surface area contributed by atoms with Gasteiger partial charge in [0.2, 0.25) is 0 Å². The molecule has 0 amide bonds. The van der Waals surface area contributed by atoms with Gasteiger partial charge < -0.3 is 11.1 Å². The van der Waals surface area contributed by atoms with E-state index >= 15 is 0 Å². The Morgan fingerprint density at radius 2 is 1.79 bits per heavy atom. The van der Waals surface area contributed by atoms with Gasteiger partial charge in [-0.1, -0.05) is 30.3 Å². The van der Waals surface area contributed by atoms with Gasteiger partial charge in [0, 0.05) is 23.6 Å². The Balaban J connectivity index is 1.94. The molecule has 0 radical (unpaired) electrons. The maximum Gasteiger partial charge on any atom is 0.132 e. The lowest BCUT2D eigenvalue weighted by Crippen LogP contribution is -1.97. The van der Waals surface area contributed by atoms with E-state index in [1.165, 1.54) is 10.8 Å². The Bertz CT molecular complexity index is 735. The van der Waals surface area contributed by atoms with Crippen molar-refractivity contribution in [1.29, 1.82) is 0 Å². The lowest BCUT2D eigenvalue weighted by molar-refractivity contribution is 1.26. The van der Waals surface area contributed by atoms with Crippen molar-refractivity contribution in [2.45, 2.75) is 6.92 Å². The number of nitrogen functional groups attached to an aromatic ring is 1. The zero-order chi connectivity index (χ0) is 13.2. The molecule has 94 valence electrons. The molecule has 3 rings (SSSR count). The van der Waals surface area contributed by atoms with Crippen LogP contribution in [0.15, 0.2) is 54.7 Å². The number of pyridine rings is 1. The first-order valence-corrected chi connectivity index (χ1v) is 6.20. The zero-order valence-corrected chi connectivity index (χ0v) is 10.7. The smallest absolute Gasteiger partial charge is 0.132 e. The molecule has 1 aromatic heterocycles. The fourth-order valence-electron chi connectivity index (χ4n) is 2.02. The number of nitrogens with zero attached hydrogens (tertiary/aromatic N) is 1. The second-order valence-corrected chi connectivity index (χ2v) is 4.61. The van der Waals surface area contributed by atoms with Crippen molar-refractivity contribution in [2.24, 2.45) is 0 Å². The van der Waals surface area contributed by atoms with Gasteiger partial charge in [-0.15, -0.1) is 0 Å². The highest BCUT2D eigenvalue weighted by molar-refractivity contribution is 5.86. The van der Waals surface area contributed by atoms with Crippen LogP contribution in [0.2, 0.25) is 0 Å². The van der Waals surface area contributed by atoms with Crippen molar-refractivity contribution < 1.29 is 0 Å².